The molecule has 1 aliphatic heterocycles. The number of nitrogens with one attached hydrogen (secondary N) is 3. The molecule has 0 radical (unpaired) electrons. The number of ketones is 3. The molecular weight excluding hydrogens is 901 g/mol. The molecule has 6 N–H and O–H groups in total. The standard InChI is InChI=1S/C21H23BrCl9N3O13/c1-5(35)9(19(23,24)25)45-14(39)32-13(38)12-18(43,34-16(41)47-11(7(3)37)21(29,30)31)17(42,4-8(22)44-12)33-15(40)46-10(6(2)36)20(26,27)28/h8-13,38,42-43H,4H2,1-3H3,(H,32,39)(H,33,40)(H,34,41)/t8-,9?,10?,11?,12+,13?,17+,18+/m0/s1. The lowest BCUT2D eigenvalue weighted by atomic mass is 9.87. The summed E-state index contributed by atoms with van der Waals surface area (Å²) in [5, 5.41) is 37.8. The van der Waals surface area contributed by atoms with Gasteiger partial charge in [-0.05, 0) is 20.8 Å². The highest BCUT2D eigenvalue weighted by atomic mass is 79.9. The van der Waals surface area contributed by atoms with E-state index < -0.39 is 101 Å². The normalized spacial score (nSPS) is 26.0. The lowest BCUT2D eigenvalue weighted by molar-refractivity contribution is -0.296. The largest absolute Gasteiger partial charge is 0.434 e. The van der Waals surface area contributed by atoms with Crippen LogP contribution in [0.5, 0.6) is 0 Å². The van der Waals surface area contributed by atoms with Gasteiger partial charge in [-0.15, -0.1) is 0 Å². The number of hydrogen-bond donors (Lipinski definition) is 6. The van der Waals surface area contributed by atoms with Gasteiger partial charge in [-0.25, -0.2) is 14.4 Å². The number of aliphatic hydroxyl groups is 3. The van der Waals surface area contributed by atoms with Crippen molar-refractivity contribution in [1.29, 1.82) is 0 Å². The van der Waals surface area contributed by atoms with Gasteiger partial charge in [-0.1, -0.05) is 120 Å². The molecule has 0 saturated carbocycles. The molecule has 47 heavy (non-hydrogen) atoms. The summed E-state index contributed by atoms with van der Waals surface area (Å²) in [4.78, 5) is 74.0. The highest BCUT2D eigenvalue weighted by Gasteiger charge is 2.65. The van der Waals surface area contributed by atoms with Crippen LogP contribution >= 0.6 is 120 Å². The highest BCUT2D eigenvalue weighted by Crippen LogP contribution is 2.40. The molecule has 1 aliphatic rings. The first-order chi connectivity index (χ1) is 21.0. The van der Waals surface area contributed by atoms with Crippen molar-refractivity contribution in [2.75, 3.05) is 0 Å². The number of aliphatic hydroxyl groups excluding tert-OH is 1. The van der Waals surface area contributed by atoms with Crippen molar-refractivity contribution in [3.8, 4) is 0 Å². The zero-order valence-corrected chi connectivity index (χ0v) is 31.8. The maximum absolute atomic E-state index is 12.9. The van der Waals surface area contributed by atoms with Crippen LogP contribution in [0.3, 0.4) is 0 Å². The van der Waals surface area contributed by atoms with Gasteiger partial charge in [0.05, 0.1) is 0 Å². The van der Waals surface area contributed by atoms with Gasteiger partial charge in [0, 0.05) is 6.42 Å². The number of Topliss-reactive ketones (excluding diaryl/α,β-unsaturated/α-hetero) is 3. The van der Waals surface area contributed by atoms with Gasteiger partial charge < -0.3 is 34.3 Å². The van der Waals surface area contributed by atoms with E-state index in [2.05, 4.69) is 15.9 Å². The molecule has 8 atom stereocenters. The van der Waals surface area contributed by atoms with Gasteiger partial charge in [0.1, 0.15) is 5.01 Å². The molecule has 1 fully saturated rings. The van der Waals surface area contributed by atoms with E-state index in [0.29, 0.717) is 0 Å². The summed E-state index contributed by atoms with van der Waals surface area (Å²) in [6.45, 7) is 2.61. The van der Waals surface area contributed by atoms with E-state index in [1.54, 1.807) is 16.0 Å². The van der Waals surface area contributed by atoms with Crippen molar-refractivity contribution in [2.45, 2.75) is 85.7 Å². The summed E-state index contributed by atoms with van der Waals surface area (Å²) in [6, 6.07) is 0. The third kappa shape index (κ3) is 12.5. The minimum absolute atomic E-state index is 0.852. The number of amides is 3. The molecule has 0 bridgehead atoms. The van der Waals surface area contributed by atoms with Crippen molar-refractivity contribution in [1.82, 2.24) is 16.0 Å². The van der Waals surface area contributed by atoms with Crippen LogP contribution in [0.25, 0.3) is 0 Å². The molecule has 0 aromatic rings. The first kappa shape index (κ1) is 44.8. The number of halogens is 10. The van der Waals surface area contributed by atoms with Gasteiger partial charge >= 0.3 is 18.3 Å². The zero-order chi connectivity index (χ0) is 37.1. The van der Waals surface area contributed by atoms with Crippen molar-refractivity contribution in [3.63, 3.8) is 0 Å². The van der Waals surface area contributed by atoms with Crippen LogP contribution in [-0.2, 0) is 33.3 Å². The second-order valence-corrected chi connectivity index (χ2v) is 17.6. The zero-order valence-electron chi connectivity index (χ0n) is 23.4. The molecular formula is C21H23BrCl9N3O13. The van der Waals surface area contributed by atoms with Crippen molar-refractivity contribution >= 4 is 156 Å². The lowest BCUT2D eigenvalue weighted by Gasteiger charge is -2.52. The Morgan fingerprint density at radius 3 is 1.40 bits per heavy atom. The van der Waals surface area contributed by atoms with Gasteiger partial charge in [0.25, 0.3) is 0 Å². The molecule has 16 nitrogen and oxygen atoms in total. The summed E-state index contributed by atoms with van der Waals surface area (Å²) < 4.78 is 12.1. The molecule has 0 spiro atoms. The third-order valence-electron chi connectivity index (χ3n) is 5.62. The van der Waals surface area contributed by atoms with Crippen LogP contribution < -0.4 is 16.0 Å². The smallest absolute Gasteiger partial charge is 0.410 e. The molecule has 270 valence electrons. The maximum Gasteiger partial charge on any atom is 0.410 e. The molecule has 0 aromatic heterocycles. The average molecular weight is 924 g/mol. The second kappa shape index (κ2) is 16.8. The van der Waals surface area contributed by atoms with E-state index in [9.17, 15) is 44.1 Å². The summed E-state index contributed by atoms with van der Waals surface area (Å²) in [6.07, 6.45) is -17.6. The minimum atomic E-state index is -3.56. The van der Waals surface area contributed by atoms with Crippen molar-refractivity contribution < 1.29 is 63.0 Å². The molecule has 26 heteroatoms. The number of ether oxygens (including phenoxy) is 4. The van der Waals surface area contributed by atoms with Crippen LogP contribution in [0, 0.1) is 0 Å². The second-order valence-electron chi connectivity index (χ2n) is 9.45. The summed E-state index contributed by atoms with van der Waals surface area (Å²) >= 11 is 53.9. The fourth-order valence-electron chi connectivity index (χ4n) is 3.63. The lowest BCUT2D eigenvalue weighted by Crippen LogP contribution is -2.82. The quantitative estimate of drug-likeness (QED) is 0.105. The summed E-state index contributed by atoms with van der Waals surface area (Å²) in [5.74, 6) is -2.98. The number of alkyl halides is 10. The maximum atomic E-state index is 12.9. The van der Waals surface area contributed by atoms with Gasteiger partial charge in [-0.2, -0.15) is 0 Å². The molecule has 1 saturated heterocycles. The van der Waals surface area contributed by atoms with E-state index in [1.165, 1.54) is 0 Å². The Hall–Kier alpha value is -0.250. The SMILES string of the molecule is CC(=O)C(OC(=O)NC(O)[C@H]1O[C@H](Br)C[C@](O)(NC(=O)OC(C(C)=O)C(Cl)(Cl)Cl)[C@@]1(O)NC(=O)OC(C(C)=O)C(Cl)(Cl)Cl)C(Cl)(Cl)Cl. The third-order valence-corrected chi connectivity index (χ3v) is 7.94. The number of hydrogen-bond acceptors (Lipinski definition) is 13. The predicted octanol–water partition coefficient (Wildman–Crippen LogP) is 3.35. The number of rotatable bonds is 10. The van der Waals surface area contributed by atoms with Crippen LogP contribution in [0.1, 0.15) is 27.2 Å². The molecule has 1 heterocycles. The Morgan fingerprint density at radius 1 is 0.723 bits per heavy atom. The Morgan fingerprint density at radius 2 is 1.06 bits per heavy atom. The number of alkyl carbamates (subject to hydrolysis) is 3. The van der Waals surface area contributed by atoms with E-state index in [-0.39, 0.29) is 0 Å². The molecule has 0 aromatic carbocycles. The monoisotopic (exact) mass is 919 g/mol. The summed E-state index contributed by atoms with van der Waals surface area (Å²) in [7, 11) is 0. The average Bonchev–Trinajstić information content (AvgIpc) is 2.83. The van der Waals surface area contributed by atoms with E-state index >= 15 is 0 Å². The Labute approximate surface area is 318 Å². The van der Waals surface area contributed by atoms with Gasteiger partial charge in [0.2, 0.25) is 35.4 Å². The predicted molar refractivity (Wildman–Crippen MR) is 171 cm³/mol. The fourth-order valence-corrected chi connectivity index (χ4v) is 6.11. The van der Waals surface area contributed by atoms with Gasteiger partial charge in [0.15, 0.2) is 35.4 Å². The number of carbonyl (C=O) groups is 6. The van der Waals surface area contributed by atoms with Crippen LogP contribution in [-0.4, -0.2) is 109 Å². The minimum Gasteiger partial charge on any atom is -0.434 e. The highest BCUT2D eigenvalue weighted by molar-refractivity contribution is 9.09. The molecule has 1 rings (SSSR count). The summed E-state index contributed by atoms with van der Waals surface area (Å²) in [5.41, 5.74) is -6.83. The van der Waals surface area contributed by atoms with Crippen LogP contribution in [0.2, 0.25) is 0 Å². The van der Waals surface area contributed by atoms with E-state index in [0.717, 1.165) is 20.8 Å². The molecule has 4 unspecified atom stereocenters. The molecule has 3 amide bonds. The fraction of sp³-hybridized carbons (Fsp3) is 0.714. The Bertz CT molecular complexity index is 1240. The Balaban J connectivity index is 3.61. The van der Waals surface area contributed by atoms with Crippen LogP contribution in [0.4, 0.5) is 14.4 Å². The topological polar surface area (TPSA) is 236 Å². The Kier molecular flexibility index (Phi) is 16.0. The van der Waals surface area contributed by atoms with Crippen molar-refractivity contribution in [2.24, 2.45) is 0 Å². The number of carbonyl (C=O) groups excluding carboxylic acids is 6. The molecule has 0 aliphatic carbocycles. The first-order valence-electron chi connectivity index (χ1n) is 12.0. The van der Waals surface area contributed by atoms with Crippen LogP contribution in [0.15, 0.2) is 0 Å². The van der Waals surface area contributed by atoms with Gasteiger partial charge in [-0.3, -0.25) is 30.3 Å². The van der Waals surface area contributed by atoms with E-state index in [4.69, 9.17) is 123 Å². The first-order valence-corrected chi connectivity index (χ1v) is 16.4. The van der Waals surface area contributed by atoms with E-state index in [1.807, 2.05) is 0 Å². The van der Waals surface area contributed by atoms with Crippen molar-refractivity contribution in [3.05, 3.63) is 0 Å².